The number of benzene rings is 2. The number of carbonyl (C=O) groups excluding carboxylic acids is 1. The van der Waals surface area contributed by atoms with Gasteiger partial charge >= 0.3 is 0 Å². The number of methoxy groups -OCH3 is 1. The first-order valence-corrected chi connectivity index (χ1v) is 7.88. The molecule has 3 rings (SSSR count). The second-order valence-corrected chi connectivity index (χ2v) is 5.69. The van der Waals surface area contributed by atoms with Crippen molar-refractivity contribution in [1.29, 1.82) is 0 Å². The Labute approximate surface area is 145 Å². The van der Waals surface area contributed by atoms with E-state index in [1.165, 1.54) is 0 Å². The molecule has 5 heteroatoms. The summed E-state index contributed by atoms with van der Waals surface area (Å²) in [7, 11) is 1.55. The molecule has 0 aliphatic carbocycles. The standard InChI is InChI=1S/C19H17ClN2O2/c1-24-17-10-9-15(13-16(17)20)21-19(23)18(22-11-5-6-12-22)14-7-3-2-4-8-14/h2-13,18H,1H3,(H,21,23)/t18-/m1/s1. The zero-order valence-corrected chi connectivity index (χ0v) is 13.9. The highest BCUT2D eigenvalue weighted by Crippen LogP contribution is 2.28. The molecule has 0 bridgehead atoms. The maximum atomic E-state index is 12.9. The summed E-state index contributed by atoms with van der Waals surface area (Å²) in [6.45, 7) is 0. The number of ether oxygens (including phenoxy) is 1. The third-order valence-electron chi connectivity index (χ3n) is 3.71. The van der Waals surface area contributed by atoms with Crippen LogP contribution in [0.3, 0.4) is 0 Å². The van der Waals surface area contributed by atoms with Crippen molar-refractivity contribution in [2.24, 2.45) is 0 Å². The highest BCUT2D eigenvalue weighted by Gasteiger charge is 2.22. The number of nitrogens with zero attached hydrogens (tertiary/aromatic N) is 1. The van der Waals surface area contributed by atoms with Crippen LogP contribution in [0.15, 0.2) is 73.1 Å². The first-order valence-electron chi connectivity index (χ1n) is 7.51. The Morgan fingerprint density at radius 2 is 1.79 bits per heavy atom. The summed E-state index contributed by atoms with van der Waals surface area (Å²) in [6.07, 6.45) is 3.75. The molecule has 1 atom stereocenters. The van der Waals surface area contributed by atoms with E-state index in [1.54, 1.807) is 25.3 Å². The van der Waals surface area contributed by atoms with Gasteiger partial charge in [0, 0.05) is 18.1 Å². The lowest BCUT2D eigenvalue weighted by atomic mass is 10.1. The van der Waals surface area contributed by atoms with Crippen molar-refractivity contribution in [3.63, 3.8) is 0 Å². The number of hydrogen-bond donors (Lipinski definition) is 1. The van der Waals surface area contributed by atoms with E-state index in [0.717, 1.165) is 5.56 Å². The quantitative estimate of drug-likeness (QED) is 0.749. The van der Waals surface area contributed by atoms with E-state index in [2.05, 4.69) is 5.32 Å². The van der Waals surface area contributed by atoms with Gasteiger partial charge in [-0.1, -0.05) is 41.9 Å². The lowest BCUT2D eigenvalue weighted by Crippen LogP contribution is -2.26. The second-order valence-electron chi connectivity index (χ2n) is 5.28. The van der Waals surface area contributed by atoms with E-state index in [0.29, 0.717) is 16.5 Å². The molecule has 2 aromatic carbocycles. The van der Waals surface area contributed by atoms with Crippen molar-refractivity contribution in [3.05, 3.63) is 83.6 Å². The van der Waals surface area contributed by atoms with E-state index in [-0.39, 0.29) is 5.91 Å². The molecule has 0 unspecified atom stereocenters. The van der Waals surface area contributed by atoms with E-state index in [9.17, 15) is 4.79 Å². The summed E-state index contributed by atoms with van der Waals surface area (Å²) in [5.74, 6) is 0.429. The van der Waals surface area contributed by atoms with Gasteiger partial charge in [-0.2, -0.15) is 0 Å². The first kappa shape index (κ1) is 16.1. The van der Waals surface area contributed by atoms with Crippen LogP contribution in [0.1, 0.15) is 11.6 Å². The van der Waals surface area contributed by atoms with Gasteiger partial charge in [-0.25, -0.2) is 0 Å². The van der Waals surface area contributed by atoms with Gasteiger partial charge < -0.3 is 14.6 Å². The Hall–Kier alpha value is -2.72. The van der Waals surface area contributed by atoms with Crippen LogP contribution >= 0.6 is 11.6 Å². The van der Waals surface area contributed by atoms with Gasteiger partial charge in [-0.15, -0.1) is 0 Å². The molecule has 1 heterocycles. The number of rotatable bonds is 5. The second kappa shape index (κ2) is 7.23. The molecule has 0 aliphatic rings. The number of halogens is 1. The summed E-state index contributed by atoms with van der Waals surface area (Å²) in [4.78, 5) is 12.9. The third kappa shape index (κ3) is 3.44. The lowest BCUT2D eigenvalue weighted by Gasteiger charge is -2.19. The van der Waals surface area contributed by atoms with Crippen molar-refractivity contribution < 1.29 is 9.53 Å². The van der Waals surface area contributed by atoms with Crippen molar-refractivity contribution in [2.45, 2.75) is 6.04 Å². The van der Waals surface area contributed by atoms with Crippen LogP contribution in [0.25, 0.3) is 0 Å². The minimum atomic E-state index is -0.456. The molecule has 4 nitrogen and oxygen atoms in total. The number of aromatic nitrogens is 1. The molecule has 1 amide bonds. The van der Waals surface area contributed by atoms with E-state index in [1.807, 2.05) is 59.4 Å². The van der Waals surface area contributed by atoms with Gasteiger partial charge in [0.2, 0.25) is 0 Å². The maximum absolute atomic E-state index is 12.9. The molecule has 3 aromatic rings. The SMILES string of the molecule is COc1ccc(NC(=O)[C@@H](c2ccccc2)n2cccc2)cc1Cl. The molecule has 0 spiro atoms. The van der Waals surface area contributed by atoms with E-state index < -0.39 is 6.04 Å². The smallest absolute Gasteiger partial charge is 0.252 e. The fourth-order valence-electron chi connectivity index (χ4n) is 2.57. The molecule has 1 N–H and O–H groups in total. The van der Waals surface area contributed by atoms with Crippen LogP contribution in [0.5, 0.6) is 5.75 Å². The summed E-state index contributed by atoms with van der Waals surface area (Å²) >= 11 is 6.13. The first-order chi connectivity index (χ1) is 11.7. The maximum Gasteiger partial charge on any atom is 0.252 e. The highest BCUT2D eigenvalue weighted by atomic mass is 35.5. The van der Waals surface area contributed by atoms with Gasteiger partial charge in [-0.3, -0.25) is 4.79 Å². The molecule has 0 saturated carbocycles. The highest BCUT2D eigenvalue weighted by molar-refractivity contribution is 6.32. The molecule has 0 fully saturated rings. The van der Waals surface area contributed by atoms with Crippen LogP contribution in [0.2, 0.25) is 5.02 Å². The zero-order chi connectivity index (χ0) is 16.9. The molecule has 122 valence electrons. The molecule has 0 radical (unpaired) electrons. The summed E-state index contributed by atoms with van der Waals surface area (Å²) in [5.41, 5.74) is 1.53. The number of hydrogen-bond acceptors (Lipinski definition) is 2. The number of anilines is 1. The Bertz CT molecular complexity index is 817. The van der Waals surface area contributed by atoms with E-state index in [4.69, 9.17) is 16.3 Å². The fourth-order valence-corrected chi connectivity index (χ4v) is 2.83. The average molecular weight is 341 g/mol. The van der Waals surface area contributed by atoms with Crippen molar-refractivity contribution >= 4 is 23.2 Å². The van der Waals surface area contributed by atoms with Gasteiger partial charge in [0.05, 0.1) is 12.1 Å². The number of carbonyl (C=O) groups is 1. The monoisotopic (exact) mass is 340 g/mol. The largest absolute Gasteiger partial charge is 0.495 e. The Morgan fingerprint density at radius 1 is 1.08 bits per heavy atom. The third-order valence-corrected chi connectivity index (χ3v) is 4.00. The van der Waals surface area contributed by atoms with Crippen LogP contribution < -0.4 is 10.1 Å². The molecule has 24 heavy (non-hydrogen) atoms. The fraction of sp³-hybridized carbons (Fsp3) is 0.105. The Balaban J connectivity index is 1.88. The number of nitrogens with one attached hydrogen (secondary N) is 1. The lowest BCUT2D eigenvalue weighted by molar-refractivity contribution is -0.118. The average Bonchev–Trinajstić information content (AvgIpc) is 3.10. The topological polar surface area (TPSA) is 43.3 Å². The Kier molecular flexibility index (Phi) is 4.87. The number of amides is 1. The molecule has 1 aromatic heterocycles. The van der Waals surface area contributed by atoms with Gasteiger partial charge in [0.15, 0.2) is 0 Å². The molecular formula is C19H17ClN2O2. The van der Waals surface area contributed by atoms with E-state index >= 15 is 0 Å². The van der Waals surface area contributed by atoms with Crippen LogP contribution in [-0.2, 0) is 4.79 Å². The van der Waals surface area contributed by atoms with Gasteiger partial charge in [0.25, 0.3) is 5.91 Å². The van der Waals surface area contributed by atoms with Gasteiger partial charge in [-0.05, 0) is 35.9 Å². The molecule has 0 saturated heterocycles. The van der Waals surface area contributed by atoms with Crippen LogP contribution in [0, 0.1) is 0 Å². The summed E-state index contributed by atoms with van der Waals surface area (Å²) < 4.78 is 7.00. The van der Waals surface area contributed by atoms with Crippen molar-refractivity contribution in [3.8, 4) is 5.75 Å². The Morgan fingerprint density at radius 3 is 2.42 bits per heavy atom. The van der Waals surface area contributed by atoms with Crippen molar-refractivity contribution in [2.75, 3.05) is 12.4 Å². The van der Waals surface area contributed by atoms with Crippen molar-refractivity contribution in [1.82, 2.24) is 4.57 Å². The normalized spacial score (nSPS) is 11.8. The zero-order valence-electron chi connectivity index (χ0n) is 13.1. The van der Waals surface area contributed by atoms with Crippen LogP contribution in [-0.4, -0.2) is 17.6 Å². The van der Waals surface area contributed by atoms with Gasteiger partial charge in [0.1, 0.15) is 11.8 Å². The molecular weight excluding hydrogens is 324 g/mol. The summed E-state index contributed by atoms with van der Waals surface area (Å²) in [6, 6.07) is 18.1. The minimum Gasteiger partial charge on any atom is -0.495 e. The predicted molar refractivity (Wildman–Crippen MR) is 95.6 cm³/mol. The minimum absolute atomic E-state index is 0.140. The van der Waals surface area contributed by atoms with Crippen LogP contribution in [0.4, 0.5) is 5.69 Å². The summed E-state index contributed by atoms with van der Waals surface area (Å²) in [5, 5.41) is 3.37. The molecule has 0 aliphatic heterocycles. The predicted octanol–water partition coefficient (Wildman–Crippen LogP) is 4.38.